The van der Waals surface area contributed by atoms with Crippen LogP contribution in [0.15, 0.2) is 27.6 Å². The fourth-order valence-corrected chi connectivity index (χ4v) is 1.17. The van der Waals surface area contributed by atoms with Crippen LogP contribution in [0.5, 0.6) is 0 Å². The number of hydrogen-bond donors (Lipinski definition) is 1. The average Bonchev–Trinajstić information content (AvgIpc) is 1.87. The van der Waals surface area contributed by atoms with E-state index in [1.807, 2.05) is 22.6 Å². The number of nitrogens with two attached hydrogens (primary N) is 1. The third-order valence-electron chi connectivity index (χ3n) is 0.520. The molecule has 0 unspecified atom stereocenters. The van der Waals surface area contributed by atoms with Crippen LogP contribution in [0, 0.1) is 0 Å². The zero-order valence-corrected chi connectivity index (χ0v) is 8.96. The summed E-state index contributed by atoms with van der Waals surface area (Å²) in [5.74, 6) is 0. The summed E-state index contributed by atoms with van der Waals surface area (Å²) in [5.41, 5.74) is 5.16. The Morgan fingerprint density at radius 2 is 2.11 bits per heavy atom. The quantitative estimate of drug-likeness (QED) is 0.464. The van der Waals surface area contributed by atoms with Crippen LogP contribution in [0.4, 0.5) is 0 Å². The Kier molecular flexibility index (Phi) is 5.45. The van der Waals surface area contributed by atoms with E-state index >= 15 is 0 Å². The molecule has 0 aliphatic heterocycles. The standard InChI is InChI=1S/C5H6I2N2/c1-2-4(6)9-5(7)3-8/h2-3H,1,8H2/b5-3-,9-4+. The van der Waals surface area contributed by atoms with E-state index < -0.39 is 0 Å². The van der Waals surface area contributed by atoms with Crippen LogP contribution in [0.1, 0.15) is 0 Å². The molecule has 9 heavy (non-hydrogen) atoms. The van der Waals surface area contributed by atoms with E-state index in [1.165, 1.54) is 6.20 Å². The molecule has 0 atom stereocenters. The van der Waals surface area contributed by atoms with Crippen molar-refractivity contribution >= 4 is 48.9 Å². The lowest BCUT2D eigenvalue weighted by atomic mass is 10.7. The third-order valence-corrected chi connectivity index (χ3v) is 1.80. The Morgan fingerprint density at radius 1 is 1.56 bits per heavy atom. The summed E-state index contributed by atoms with van der Waals surface area (Å²) >= 11 is 4.11. The molecule has 0 fully saturated rings. The lowest BCUT2D eigenvalue weighted by Gasteiger charge is -1.86. The van der Waals surface area contributed by atoms with Gasteiger partial charge >= 0.3 is 0 Å². The van der Waals surface area contributed by atoms with Gasteiger partial charge in [-0.3, -0.25) is 0 Å². The van der Waals surface area contributed by atoms with E-state index in [1.54, 1.807) is 6.08 Å². The average molecular weight is 348 g/mol. The highest BCUT2D eigenvalue weighted by Crippen LogP contribution is 2.07. The van der Waals surface area contributed by atoms with Gasteiger partial charge in [-0.05, 0) is 51.3 Å². The van der Waals surface area contributed by atoms with Crippen molar-refractivity contribution in [3.8, 4) is 0 Å². The van der Waals surface area contributed by atoms with Gasteiger partial charge in [0.05, 0.1) is 0 Å². The monoisotopic (exact) mass is 348 g/mol. The summed E-state index contributed by atoms with van der Waals surface area (Å²) in [4.78, 5) is 4.02. The molecule has 0 heterocycles. The number of rotatable bonds is 2. The fraction of sp³-hybridized carbons (Fsp3) is 0. The molecule has 0 aromatic carbocycles. The van der Waals surface area contributed by atoms with Crippen molar-refractivity contribution in [2.75, 3.05) is 0 Å². The van der Waals surface area contributed by atoms with Crippen molar-refractivity contribution in [3.05, 3.63) is 22.6 Å². The maximum Gasteiger partial charge on any atom is 0.117 e. The van der Waals surface area contributed by atoms with E-state index in [0.717, 1.165) is 7.42 Å². The minimum Gasteiger partial charge on any atom is -0.402 e. The maximum atomic E-state index is 5.16. The molecule has 0 saturated carbocycles. The van der Waals surface area contributed by atoms with Gasteiger partial charge < -0.3 is 5.73 Å². The predicted molar refractivity (Wildman–Crippen MR) is 57.9 cm³/mol. The molecule has 0 radical (unpaired) electrons. The van der Waals surface area contributed by atoms with Crippen LogP contribution in [0.3, 0.4) is 0 Å². The normalized spacial score (nSPS) is 13.6. The van der Waals surface area contributed by atoms with E-state index in [0.29, 0.717) is 0 Å². The van der Waals surface area contributed by atoms with Gasteiger partial charge in [0, 0.05) is 6.20 Å². The molecular formula is C5H6I2N2. The predicted octanol–water partition coefficient (Wildman–Crippen LogP) is 2.20. The number of nitrogens with zero attached hydrogens (tertiary/aromatic N) is 1. The van der Waals surface area contributed by atoms with E-state index in [-0.39, 0.29) is 0 Å². The van der Waals surface area contributed by atoms with Gasteiger partial charge in [0.2, 0.25) is 0 Å². The number of hydrogen-bond acceptors (Lipinski definition) is 2. The summed E-state index contributed by atoms with van der Waals surface area (Å²) in [6.07, 6.45) is 3.12. The molecule has 50 valence electrons. The molecule has 0 saturated heterocycles. The molecule has 0 rings (SSSR count). The molecule has 0 aliphatic carbocycles. The van der Waals surface area contributed by atoms with Gasteiger partial charge in [0.15, 0.2) is 0 Å². The van der Waals surface area contributed by atoms with Crippen LogP contribution in [0.25, 0.3) is 0 Å². The smallest absolute Gasteiger partial charge is 0.117 e. The molecule has 2 nitrogen and oxygen atoms in total. The topological polar surface area (TPSA) is 38.4 Å². The lowest BCUT2D eigenvalue weighted by Crippen LogP contribution is -1.81. The third kappa shape index (κ3) is 4.89. The van der Waals surface area contributed by atoms with E-state index in [2.05, 4.69) is 34.2 Å². The first-order valence-electron chi connectivity index (χ1n) is 2.14. The van der Waals surface area contributed by atoms with Crippen LogP contribution in [0.2, 0.25) is 0 Å². The highest BCUT2D eigenvalue weighted by molar-refractivity contribution is 14.1. The van der Waals surface area contributed by atoms with E-state index in [9.17, 15) is 0 Å². The second-order valence-corrected chi connectivity index (χ2v) is 3.34. The summed E-state index contributed by atoms with van der Waals surface area (Å²) in [6, 6.07) is 0. The Labute approximate surface area is 81.6 Å². The van der Waals surface area contributed by atoms with Crippen LogP contribution in [-0.4, -0.2) is 3.72 Å². The molecule has 0 aromatic rings. The molecule has 0 aliphatic rings. The molecule has 0 spiro atoms. The highest BCUT2D eigenvalue weighted by atomic mass is 127. The Hall–Kier alpha value is 0.410. The molecule has 2 N–H and O–H groups in total. The Bertz CT molecular complexity index is 160. The van der Waals surface area contributed by atoms with Crippen molar-refractivity contribution in [1.29, 1.82) is 0 Å². The van der Waals surface area contributed by atoms with Gasteiger partial charge in [-0.1, -0.05) is 6.58 Å². The second kappa shape index (κ2) is 5.21. The van der Waals surface area contributed by atoms with Gasteiger partial charge in [-0.2, -0.15) is 0 Å². The van der Waals surface area contributed by atoms with Crippen molar-refractivity contribution < 1.29 is 0 Å². The van der Waals surface area contributed by atoms with Gasteiger partial charge in [0.25, 0.3) is 0 Å². The summed E-state index contributed by atoms with van der Waals surface area (Å²) in [7, 11) is 0. The van der Waals surface area contributed by atoms with Crippen molar-refractivity contribution in [2.45, 2.75) is 0 Å². The van der Waals surface area contributed by atoms with Crippen LogP contribution < -0.4 is 5.73 Å². The molecular weight excluding hydrogens is 342 g/mol. The highest BCUT2D eigenvalue weighted by Gasteiger charge is 1.84. The van der Waals surface area contributed by atoms with Gasteiger partial charge in [0.1, 0.15) is 7.42 Å². The SMILES string of the molecule is C=C/C(I)=N\C(I)=C/N. The Morgan fingerprint density at radius 3 is 2.44 bits per heavy atom. The van der Waals surface area contributed by atoms with E-state index in [4.69, 9.17) is 5.73 Å². The fourth-order valence-electron chi connectivity index (χ4n) is 0.185. The van der Waals surface area contributed by atoms with Crippen molar-refractivity contribution in [2.24, 2.45) is 10.7 Å². The molecule has 0 amide bonds. The summed E-state index contributed by atoms with van der Waals surface area (Å²) in [5, 5.41) is 0. The molecule has 0 aromatic heterocycles. The van der Waals surface area contributed by atoms with Crippen molar-refractivity contribution in [1.82, 2.24) is 0 Å². The van der Waals surface area contributed by atoms with Crippen LogP contribution >= 0.6 is 45.2 Å². The minimum absolute atomic E-state index is 0.775. The molecule has 0 bridgehead atoms. The number of allylic oxidation sites excluding steroid dienone is 1. The molecule has 4 heteroatoms. The number of aliphatic imine (C=N–C) groups is 1. The Balaban J connectivity index is 4.11. The summed E-state index contributed by atoms with van der Waals surface area (Å²) < 4.78 is 1.62. The first-order chi connectivity index (χ1) is 4.20. The summed E-state index contributed by atoms with van der Waals surface area (Å²) in [6.45, 7) is 3.54. The van der Waals surface area contributed by atoms with Crippen LogP contribution in [-0.2, 0) is 0 Å². The minimum atomic E-state index is 0.775. The first-order valence-corrected chi connectivity index (χ1v) is 4.30. The van der Waals surface area contributed by atoms with Crippen molar-refractivity contribution in [3.63, 3.8) is 0 Å². The largest absolute Gasteiger partial charge is 0.402 e. The maximum absolute atomic E-state index is 5.16. The lowest BCUT2D eigenvalue weighted by molar-refractivity contribution is 1.48. The number of halogens is 2. The zero-order valence-electron chi connectivity index (χ0n) is 4.64. The second-order valence-electron chi connectivity index (χ2n) is 1.13. The zero-order chi connectivity index (χ0) is 7.28. The van der Waals surface area contributed by atoms with Gasteiger partial charge in [-0.25, -0.2) is 4.99 Å². The van der Waals surface area contributed by atoms with Gasteiger partial charge in [-0.15, -0.1) is 0 Å². The first kappa shape index (κ1) is 9.41.